The van der Waals surface area contributed by atoms with E-state index >= 15 is 0 Å². The first kappa shape index (κ1) is 15.5. The van der Waals surface area contributed by atoms with Crippen molar-refractivity contribution in [1.82, 2.24) is 10.2 Å². The fourth-order valence-corrected chi connectivity index (χ4v) is 3.40. The summed E-state index contributed by atoms with van der Waals surface area (Å²) in [6.45, 7) is 5.86. The van der Waals surface area contributed by atoms with Crippen molar-refractivity contribution in [2.75, 3.05) is 20.6 Å². The summed E-state index contributed by atoms with van der Waals surface area (Å²) in [5.41, 5.74) is 1.84. The molecule has 1 aromatic rings. The highest BCUT2D eigenvalue weighted by Crippen LogP contribution is 2.35. The van der Waals surface area contributed by atoms with Crippen LogP contribution in [-0.2, 0) is 0 Å². The Labute approximate surface area is 124 Å². The molecular formula is C18H30N2. The van der Waals surface area contributed by atoms with Gasteiger partial charge in [-0.2, -0.15) is 0 Å². The molecule has 2 rings (SSSR count). The molecule has 0 heterocycles. The molecule has 20 heavy (non-hydrogen) atoms. The van der Waals surface area contributed by atoms with Crippen molar-refractivity contribution in [1.29, 1.82) is 0 Å². The second kappa shape index (κ2) is 6.73. The molecule has 0 radical (unpaired) electrons. The van der Waals surface area contributed by atoms with E-state index in [9.17, 15) is 0 Å². The molecule has 0 spiro atoms. The average molecular weight is 274 g/mol. The third-order valence-corrected chi connectivity index (χ3v) is 4.87. The molecule has 2 heteroatoms. The van der Waals surface area contributed by atoms with Gasteiger partial charge in [0, 0.05) is 18.6 Å². The topological polar surface area (TPSA) is 15.3 Å². The highest BCUT2D eigenvalue weighted by molar-refractivity contribution is 5.19. The fourth-order valence-electron chi connectivity index (χ4n) is 3.40. The van der Waals surface area contributed by atoms with Crippen molar-refractivity contribution in [3.05, 3.63) is 35.9 Å². The van der Waals surface area contributed by atoms with E-state index in [0.29, 0.717) is 17.5 Å². The molecule has 112 valence electrons. The summed E-state index contributed by atoms with van der Waals surface area (Å²) in [5.74, 6) is 0. The maximum absolute atomic E-state index is 3.85. The third kappa shape index (κ3) is 3.83. The summed E-state index contributed by atoms with van der Waals surface area (Å²) in [4.78, 5) is 2.32. The van der Waals surface area contributed by atoms with Crippen molar-refractivity contribution in [3.63, 3.8) is 0 Å². The van der Waals surface area contributed by atoms with E-state index < -0.39 is 0 Å². The van der Waals surface area contributed by atoms with Gasteiger partial charge in [0.1, 0.15) is 0 Å². The Morgan fingerprint density at radius 1 is 1.20 bits per heavy atom. The molecule has 1 aliphatic rings. The van der Waals surface area contributed by atoms with Crippen molar-refractivity contribution in [2.45, 2.75) is 51.6 Å². The number of rotatable bonds is 5. The van der Waals surface area contributed by atoms with Crippen LogP contribution in [0.15, 0.2) is 30.3 Å². The summed E-state index contributed by atoms with van der Waals surface area (Å²) in [6.07, 6.45) is 5.44. The maximum Gasteiger partial charge on any atom is 0.0466 e. The van der Waals surface area contributed by atoms with E-state index in [1.807, 2.05) is 0 Å². The summed E-state index contributed by atoms with van der Waals surface area (Å²) < 4.78 is 0. The Bertz CT molecular complexity index is 397. The Hall–Kier alpha value is -0.860. The third-order valence-electron chi connectivity index (χ3n) is 4.87. The molecule has 1 fully saturated rings. The second-order valence-electron chi connectivity index (χ2n) is 7.09. The van der Waals surface area contributed by atoms with Crippen LogP contribution in [0.3, 0.4) is 0 Å². The first-order chi connectivity index (χ1) is 9.50. The molecule has 1 N–H and O–H groups in total. The summed E-state index contributed by atoms with van der Waals surface area (Å²) >= 11 is 0. The molecule has 0 amide bonds. The highest BCUT2D eigenvalue weighted by Gasteiger charge is 2.32. The van der Waals surface area contributed by atoms with Gasteiger partial charge in [-0.3, -0.25) is 0 Å². The van der Waals surface area contributed by atoms with Crippen molar-refractivity contribution >= 4 is 0 Å². The van der Waals surface area contributed by atoms with E-state index in [1.54, 1.807) is 0 Å². The lowest BCUT2D eigenvalue weighted by Gasteiger charge is -2.40. The number of benzene rings is 1. The lowest BCUT2D eigenvalue weighted by Crippen LogP contribution is -2.46. The highest BCUT2D eigenvalue weighted by atomic mass is 15.1. The monoisotopic (exact) mass is 274 g/mol. The van der Waals surface area contributed by atoms with E-state index in [1.165, 1.54) is 31.2 Å². The normalized spacial score (nSPS) is 23.8. The van der Waals surface area contributed by atoms with Crippen molar-refractivity contribution in [2.24, 2.45) is 5.41 Å². The zero-order chi connectivity index (χ0) is 14.6. The molecule has 0 saturated heterocycles. The summed E-state index contributed by atoms with van der Waals surface area (Å²) in [6, 6.07) is 11.9. The molecular weight excluding hydrogens is 244 g/mol. The minimum Gasteiger partial charge on any atom is -0.312 e. The zero-order valence-corrected chi connectivity index (χ0v) is 13.5. The van der Waals surface area contributed by atoms with Crippen LogP contribution in [0.5, 0.6) is 0 Å². The Morgan fingerprint density at radius 2 is 1.90 bits per heavy atom. The first-order valence-electron chi connectivity index (χ1n) is 7.95. The van der Waals surface area contributed by atoms with Gasteiger partial charge in [0.2, 0.25) is 0 Å². The predicted octanol–water partition coefficient (Wildman–Crippen LogP) is 3.85. The molecule has 1 aromatic carbocycles. The van der Waals surface area contributed by atoms with Crippen LogP contribution in [0.25, 0.3) is 0 Å². The van der Waals surface area contributed by atoms with Gasteiger partial charge in [-0.15, -0.1) is 0 Å². The van der Waals surface area contributed by atoms with E-state index in [2.05, 4.69) is 68.5 Å². The van der Waals surface area contributed by atoms with Crippen LogP contribution < -0.4 is 5.32 Å². The lowest BCUT2D eigenvalue weighted by molar-refractivity contribution is 0.155. The Balaban J connectivity index is 1.99. The minimum absolute atomic E-state index is 0.436. The molecule has 2 nitrogen and oxygen atoms in total. The lowest BCUT2D eigenvalue weighted by atomic mass is 9.73. The minimum atomic E-state index is 0.436. The molecule has 0 aromatic heterocycles. The van der Waals surface area contributed by atoms with Crippen LogP contribution >= 0.6 is 0 Å². The standard InChI is InChI=1S/C18H30N2/c1-18(2)13-9-8-12-17(18)19-14-16(20(3)4)15-10-6-5-7-11-15/h5-7,10-11,16-17,19H,8-9,12-14H2,1-4H3. The molecule has 2 unspecified atom stereocenters. The smallest absolute Gasteiger partial charge is 0.0466 e. The number of nitrogens with one attached hydrogen (secondary N) is 1. The van der Waals surface area contributed by atoms with Gasteiger partial charge in [-0.05, 0) is 37.9 Å². The van der Waals surface area contributed by atoms with Gasteiger partial charge in [-0.25, -0.2) is 0 Å². The van der Waals surface area contributed by atoms with Crippen LogP contribution in [0.2, 0.25) is 0 Å². The van der Waals surface area contributed by atoms with Crippen LogP contribution in [0.1, 0.15) is 51.1 Å². The van der Waals surface area contributed by atoms with E-state index in [-0.39, 0.29) is 0 Å². The quantitative estimate of drug-likeness (QED) is 0.877. The molecule has 0 aliphatic heterocycles. The molecule has 2 atom stereocenters. The van der Waals surface area contributed by atoms with E-state index in [4.69, 9.17) is 0 Å². The first-order valence-corrected chi connectivity index (χ1v) is 7.95. The van der Waals surface area contributed by atoms with Gasteiger partial charge in [0.15, 0.2) is 0 Å². The van der Waals surface area contributed by atoms with Gasteiger partial charge in [0.25, 0.3) is 0 Å². The number of nitrogens with zero attached hydrogens (tertiary/aromatic N) is 1. The van der Waals surface area contributed by atoms with Crippen LogP contribution in [-0.4, -0.2) is 31.6 Å². The van der Waals surface area contributed by atoms with Gasteiger partial charge >= 0.3 is 0 Å². The SMILES string of the molecule is CN(C)C(CNC1CCCCC1(C)C)c1ccccc1. The number of likely N-dealkylation sites (N-methyl/N-ethyl adjacent to an activating group) is 1. The zero-order valence-electron chi connectivity index (χ0n) is 13.5. The molecule has 1 saturated carbocycles. The van der Waals surface area contributed by atoms with Crippen LogP contribution in [0, 0.1) is 5.41 Å². The van der Waals surface area contributed by atoms with Crippen molar-refractivity contribution < 1.29 is 0 Å². The van der Waals surface area contributed by atoms with Crippen LogP contribution in [0.4, 0.5) is 0 Å². The summed E-state index contributed by atoms with van der Waals surface area (Å²) in [5, 5.41) is 3.85. The number of hydrogen-bond donors (Lipinski definition) is 1. The molecule has 1 aliphatic carbocycles. The Kier molecular flexibility index (Phi) is 5.22. The fraction of sp³-hybridized carbons (Fsp3) is 0.667. The maximum atomic E-state index is 3.85. The van der Waals surface area contributed by atoms with Gasteiger partial charge in [-0.1, -0.05) is 57.0 Å². The predicted molar refractivity (Wildman–Crippen MR) is 86.9 cm³/mol. The van der Waals surface area contributed by atoms with E-state index in [0.717, 1.165) is 6.54 Å². The second-order valence-corrected chi connectivity index (χ2v) is 7.09. The Morgan fingerprint density at radius 3 is 2.50 bits per heavy atom. The van der Waals surface area contributed by atoms with Gasteiger partial charge in [0.05, 0.1) is 0 Å². The number of hydrogen-bond acceptors (Lipinski definition) is 2. The molecule has 0 bridgehead atoms. The van der Waals surface area contributed by atoms with Gasteiger partial charge < -0.3 is 10.2 Å². The van der Waals surface area contributed by atoms with Crippen molar-refractivity contribution in [3.8, 4) is 0 Å². The average Bonchev–Trinajstić information content (AvgIpc) is 2.41. The largest absolute Gasteiger partial charge is 0.312 e. The summed E-state index contributed by atoms with van der Waals surface area (Å²) in [7, 11) is 4.34.